The first-order valence-electron chi connectivity index (χ1n) is 11.4. The number of rotatable bonds is 4. The van der Waals surface area contributed by atoms with Crippen LogP contribution < -0.4 is 0 Å². The van der Waals surface area contributed by atoms with Crippen LogP contribution in [0, 0.1) is 6.92 Å². The largest absolute Gasteiger partial charge is 0.350 e. The third kappa shape index (κ3) is 3.10. The van der Waals surface area contributed by atoms with Gasteiger partial charge in [0, 0.05) is 59.8 Å². The van der Waals surface area contributed by atoms with Gasteiger partial charge in [0.1, 0.15) is 5.15 Å². The highest BCUT2D eigenvalue weighted by Gasteiger charge is 2.30. The maximum Gasteiger partial charge on any atom is 0.137 e. The summed E-state index contributed by atoms with van der Waals surface area (Å²) in [4.78, 5) is 0. The Kier molecular flexibility index (Phi) is 4.85. The van der Waals surface area contributed by atoms with Crippen molar-refractivity contribution >= 4 is 33.4 Å². The summed E-state index contributed by atoms with van der Waals surface area (Å²) in [6.07, 6.45) is 4.49. The Hall–Kier alpha value is -3.76. The van der Waals surface area contributed by atoms with Crippen LogP contribution in [-0.2, 0) is 14.1 Å². The molecule has 0 unspecified atom stereocenters. The Balaban J connectivity index is 1.69. The molecule has 0 bridgehead atoms. The number of nitrogens with zero attached hydrogens (tertiary/aromatic N) is 4. The monoisotopic (exact) mass is 464 g/mol. The summed E-state index contributed by atoms with van der Waals surface area (Å²) >= 11 is 7.16. The van der Waals surface area contributed by atoms with Gasteiger partial charge in [0.25, 0.3) is 0 Å². The second kappa shape index (κ2) is 7.93. The predicted molar refractivity (Wildman–Crippen MR) is 140 cm³/mol. The normalized spacial score (nSPS) is 11.8. The number of aryl methyl sites for hydroxylation is 3. The zero-order valence-electron chi connectivity index (χ0n) is 19.4. The molecule has 168 valence electrons. The highest BCUT2D eigenvalue weighted by Crippen LogP contribution is 2.44. The van der Waals surface area contributed by atoms with E-state index < -0.39 is 0 Å². The van der Waals surface area contributed by atoms with Crippen molar-refractivity contribution in [1.82, 2.24) is 18.9 Å². The Morgan fingerprint density at radius 2 is 1.21 bits per heavy atom. The van der Waals surface area contributed by atoms with Gasteiger partial charge in [0.05, 0.1) is 11.4 Å². The van der Waals surface area contributed by atoms with Crippen molar-refractivity contribution in [3.05, 3.63) is 119 Å². The van der Waals surface area contributed by atoms with Gasteiger partial charge < -0.3 is 9.13 Å². The minimum absolute atomic E-state index is 0.0674. The van der Waals surface area contributed by atoms with Gasteiger partial charge in [-0.15, -0.1) is 0 Å². The lowest BCUT2D eigenvalue weighted by atomic mass is 9.85. The number of hydrogen-bond donors (Lipinski definition) is 0. The molecule has 6 aromatic rings. The Morgan fingerprint density at radius 1 is 0.706 bits per heavy atom. The van der Waals surface area contributed by atoms with Crippen molar-refractivity contribution in [3.8, 4) is 5.69 Å². The van der Waals surface area contributed by atoms with Crippen LogP contribution in [0.3, 0.4) is 0 Å². The second-order valence-electron chi connectivity index (χ2n) is 8.90. The molecule has 6 rings (SSSR count). The number of hydrogen-bond acceptors (Lipinski definition) is 1. The molecule has 3 aromatic heterocycles. The van der Waals surface area contributed by atoms with Gasteiger partial charge in [-0.2, -0.15) is 5.10 Å². The number of fused-ring (bicyclic) bond motifs is 2. The van der Waals surface area contributed by atoms with Gasteiger partial charge in [-0.05, 0) is 42.3 Å². The molecule has 0 fully saturated rings. The van der Waals surface area contributed by atoms with E-state index in [1.54, 1.807) is 0 Å². The summed E-state index contributed by atoms with van der Waals surface area (Å²) in [5.41, 5.74) is 7.78. The third-order valence-corrected chi connectivity index (χ3v) is 7.18. The maximum atomic E-state index is 7.16. The van der Waals surface area contributed by atoms with E-state index in [1.165, 1.54) is 32.9 Å². The maximum absolute atomic E-state index is 7.16. The molecule has 0 aliphatic carbocycles. The van der Waals surface area contributed by atoms with Gasteiger partial charge in [-0.1, -0.05) is 66.2 Å². The lowest BCUT2D eigenvalue weighted by Gasteiger charge is -2.17. The fourth-order valence-corrected chi connectivity index (χ4v) is 5.65. The summed E-state index contributed by atoms with van der Waals surface area (Å²) in [5.74, 6) is -0.0674. The topological polar surface area (TPSA) is 27.7 Å². The van der Waals surface area contributed by atoms with Gasteiger partial charge in [0.15, 0.2) is 0 Å². The van der Waals surface area contributed by atoms with Crippen molar-refractivity contribution in [2.45, 2.75) is 12.8 Å². The lowest BCUT2D eigenvalue weighted by Crippen LogP contribution is -2.05. The molecule has 34 heavy (non-hydrogen) atoms. The first-order valence-corrected chi connectivity index (χ1v) is 11.8. The van der Waals surface area contributed by atoms with E-state index >= 15 is 0 Å². The van der Waals surface area contributed by atoms with Crippen LogP contribution in [0.1, 0.15) is 28.3 Å². The van der Waals surface area contributed by atoms with Crippen molar-refractivity contribution in [2.75, 3.05) is 0 Å². The van der Waals surface area contributed by atoms with Crippen LogP contribution in [0.25, 0.3) is 27.5 Å². The van der Waals surface area contributed by atoms with E-state index in [0.717, 1.165) is 16.9 Å². The summed E-state index contributed by atoms with van der Waals surface area (Å²) in [7, 11) is 4.21. The molecule has 0 saturated carbocycles. The number of aromatic nitrogens is 4. The van der Waals surface area contributed by atoms with E-state index in [9.17, 15) is 0 Å². The van der Waals surface area contributed by atoms with E-state index in [4.69, 9.17) is 16.7 Å². The third-order valence-electron chi connectivity index (χ3n) is 6.81. The molecule has 0 aliphatic heterocycles. The molecule has 0 aliphatic rings. The summed E-state index contributed by atoms with van der Waals surface area (Å²) < 4.78 is 6.26. The second-order valence-corrected chi connectivity index (χ2v) is 9.25. The quantitative estimate of drug-likeness (QED) is 0.276. The predicted octanol–water partition coefficient (Wildman–Crippen LogP) is 7.00. The minimum Gasteiger partial charge on any atom is -0.350 e. The Labute approximate surface area is 203 Å². The number of halogens is 1. The highest BCUT2D eigenvalue weighted by atomic mass is 35.5. The van der Waals surface area contributed by atoms with Crippen LogP contribution in [0.5, 0.6) is 0 Å². The van der Waals surface area contributed by atoms with Crippen LogP contribution >= 0.6 is 11.6 Å². The van der Waals surface area contributed by atoms with Crippen LogP contribution in [0.15, 0.2) is 91.3 Å². The molecule has 3 aromatic carbocycles. The molecular weight excluding hydrogens is 440 g/mol. The van der Waals surface area contributed by atoms with Crippen molar-refractivity contribution < 1.29 is 0 Å². The average molecular weight is 465 g/mol. The lowest BCUT2D eigenvalue weighted by molar-refractivity contribution is 0.863. The first kappa shape index (κ1) is 20.8. The van der Waals surface area contributed by atoms with Gasteiger partial charge in [-0.3, -0.25) is 0 Å². The van der Waals surface area contributed by atoms with Crippen molar-refractivity contribution in [3.63, 3.8) is 0 Å². The molecule has 5 heteroatoms. The zero-order chi connectivity index (χ0) is 23.4. The molecule has 0 N–H and O–H groups in total. The summed E-state index contributed by atoms with van der Waals surface area (Å²) in [5, 5.41) is 8.00. The minimum atomic E-state index is -0.0674. The smallest absolute Gasteiger partial charge is 0.137 e. The summed E-state index contributed by atoms with van der Waals surface area (Å²) in [6, 6.07) is 27.2. The van der Waals surface area contributed by atoms with Crippen LogP contribution in [0.2, 0.25) is 5.15 Å². The Morgan fingerprint density at radius 3 is 1.76 bits per heavy atom. The van der Waals surface area contributed by atoms with Crippen molar-refractivity contribution in [2.24, 2.45) is 14.1 Å². The first-order chi connectivity index (χ1) is 16.5. The van der Waals surface area contributed by atoms with Crippen molar-refractivity contribution in [1.29, 1.82) is 0 Å². The highest BCUT2D eigenvalue weighted by molar-refractivity contribution is 6.31. The molecule has 3 heterocycles. The van der Waals surface area contributed by atoms with E-state index in [1.807, 2.05) is 35.0 Å². The molecule has 0 radical (unpaired) electrons. The molecule has 0 saturated heterocycles. The van der Waals surface area contributed by atoms with E-state index in [2.05, 4.69) is 91.1 Å². The van der Waals surface area contributed by atoms with E-state index in [-0.39, 0.29) is 5.92 Å². The molecule has 0 spiro atoms. The average Bonchev–Trinajstić information content (AvgIpc) is 3.48. The zero-order valence-corrected chi connectivity index (χ0v) is 20.2. The van der Waals surface area contributed by atoms with Crippen LogP contribution in [0.4, 0.5) is 0 Å². The molecular formula is C29H25ClN4. The molecule has 0 atom stereocenters. The summed E-state index contributed by atoms with van der Waals surface area (Å²) in [6.45, 7) is 2.06. The van der Waals surface area contributed by atoms with Gasteiger partial charge >= 0.3 is 0 Å². The molecule has 4 nitrogen and oxygen atoms in total. The SMILES string of the molecule is Cc1nn(-c2ccccc2)c(Cl)c1C(c1cn(C)c2ccccc12)c1cn(C)c2ccccc12. The van der Waals surface area contributed by atoms with E-state index in [0.29, 0.717) is 5.15 Å². The fourth-order valence-electron chi connectivity index (χ4n) is 5.26. The molecule has 0 amide bonds. The van der Waals surface area contributed by atoms with Gasteiger partial charge in [-0.25, -0.2) is 4.68 Å². The standard InChI is InChI=1S/C29H25ClN4/c1-19-27(29(30)34(31-19)20-11-5-4-6-12-20)28(23-17-32(2)25-15-9-7-13-21(23)25)24-18-33(3)26-16-10-8-14-22(24)26/h4-18,28H,1-3H3. The fraction of sp³-hybridized carbons (Fsp3) is 0.138. The van der Waals surface area contributed by atoms with Gasteiger partial charge in [0.2, 0.25) is 0 Å². The Bertz CT molecular complexity index is 1570. The number of para-hydroxylation sites is 3. The van der Waals surface area contributed by atoms with Crippen LogP contribution in [-0.4, -0.2) is 18.9 Å². The number of benzene rings is 3.